The number of carbonyl (C=O) groups is 1. The van der Waals surface area contributed by atoms with Gasteiger partial charge in [0.2, 0.25) is 5.91 Å². The lowest BCUT2D eigenvalue weighted by Gasteiger charge is -2.43. The van der Waals surface area contributed by atoms with Crippen molar-refractivity contribution in [1.82, 2.24) is 15.1 Å². The zero-order valence-corrected chi connectivity index (χ0v) is 13.4. The number of aromatic nitrogens is 2. The lowest BCUT2D eigenvalue weighted by Crippen LogP contribution is -2.53. The van der Waals surface area contributed by atoms with Crippen LogP contribution in [-0.2, 0) is 16.0 Å². The molecule has 1 aliphatic rings. The van der Waals surface area contributed by atoms with Gasteiger partial charge >= 0.3 is 0 Å². The van der Waals surface area contributed by atoms with Gasteiger partial charge in [-0.05, 0) is 12.8 Å². The Hall–Kier alpha value is -1.93. The zero-order valence-electron chi connectivity index (χ0n) is 13.4. The number of ether oxygens (including phenoxy) is 1. The van der Waals surface area contributed by atoms with Crippen molar-refractivity contribution in [1.29, 1.82) is 0 Å². The van der Waals surface area contributed by atoms with Crippen LogP contribution in [0.1, 0.15) is 25.3 Å². The smallest absolute Gasteiger partial charge is 0.266 e. The van der Waals surface area contributed by atoms with Gasteiger partial charge in [-0.2, -0.15) is 0 Å². The van der Waals surface area contributed by atoms with Gasteiger partial charge in [0.25, 0.3) is 11.1 Å². The Bertz CT molecular complexity index is 668. The molecular weight excluding hydrogens is 302 g/mol. The number of piperidine rings is 1. The van der Waals surface area contributed by atoms with Gasteiger partial charge in [-0.15, -0.1) is 0 Å². The van der Waals surface area contributed by atoms with Gasteiger partial charge in [0, 0.05) is 44.4 Å². The van der Waals surface area contributed by atoms with Crippen LogP contribution in [0.4, 0.5) is 0 Å². The molecule has 2 atom stereocenters. The van der Waals surface area contributed by atoms with Crippen molar-refractivity contribution >= 4 is 5.91 Å². The molecule has 0 radical (unpaired) electrons. The van der Waals surface area contributed by atoms with E-state index in [1.54, 1.807) is 12.0 Å². The summed E-state index contributed by atoms with van der Waals surface area (Å²) in [5.41, 5.74) is -1.62. The minimum Gasteiger partial charge on any atom is -0.389 e. The highest BCUT2D eigenvalue weighted by molar-refractivity contribution is 5.78. The Morgan fingerprint density at radius 1 is 1.48 bits per heavy atom. The summed E-state index contributed by atoms with van der Waals surface area (Å²) in [5, 5.41) is 15.0. The summed E-state index contributed by atoms with van der Waals surface area (Å²) in [7, 11) is 1.59. The molecule has 0 saturated carbocycles. The van der Waals surface area contributed by atoms with Crippen LogP contribution >= 0.6 is 0 Å². The number of hydrogen-bond acceptors (Lipinski definition) is 5. The molecule has 1 amide bonds. The molecule has 0 bridgehead atoms. The van der Waals surface area contributed by atoms with E-state index in [1.165, 1.54) is 0 Å². The quantitative estimate of drug-likeness (QED) is 0.658. The third-order valence-electron chi connectivity index (χ3n) is 4.56. The van der Waals surface area contributed by atoms with Gasteiger partial charge in [-0.25, -0.2) is 0 Å². The first-order valence-corrected chi connectivity index (χ1v) is 7.65. The van der Waals surface area contributed by atoms with Gasteiger partial charge in [0.1, 0.15) is 0 Å². The molecule has 2 heterocycles. The van der Waals surface area contributed by atoms with E-state index >= 15 is 0 Å². The summed E-state index contributed by atoms with van der Waals surface area (Å²) in [6, 6.07) is 1.14. The number of aliphatic hydroxyl groups is 1. The molecule has 1 aromatic heterocycles. The summed E-state index contributed by atoms with van der Waals surface area (Å²) >= 11 is 0. The maximum absolute atomic E-state index is 12.4. The molecule has 1 aromatic rings. The lowest BCUT2D eigenvalue weighted by atomic mass is 9.80. The molecule has 1 aliphatic heterocycles. The molecule has 3 N–H and O–H groups in total. The third kappa shape index (κ3) is 4.08. The molecule has 8 heteroatoms. The fraction of sp³-hybridized carbons (Fsp3) is 0.667. The Labute approximate surface area is 133 Å². The fourth-order valence-electron chi connectivity index (χ4n) is 2.91. The zero-order chi connectivity index (χ0) is 17.0. The fourth-order valence-corrected chi connectivity index (χ4v) is 2.91. The Morgan fingerprint density at radius 2 is 2.22 bits per heavy atom. The van der Waals surface area contributed by atoms with E-state index < -0.39 is 16.7 Å². The number of H-pyrrole nitrogens is 2. The summed E-state index contributed by atoms with van der Waals surface area (Å²) in [5.74, 6) is -0.311. The number of methoxy groups -OCH3 is 1. The van der Waals surface area contributed by atoms with Crippen molar-refractivity contribution in [3.05, 3.63) is 32.3 Å². The van der Waals surface area contributed by atoms with E-state index in [1.807, 2.05) is 6.92 Å². The summed E-state index contributed by atoms with van der Waals surface area (Å²) in [4.78, 5) is 36.9. The monoisotopic (exact) mass is 325 g/mol. The highest BCUT2D eigenvalue weighted by Crippen LogP contribution is 2.31. The Kier molecular flexibility index (Phi) is 5.38. The van der Waals surface area contributed by atoms with Crippen LogP contribution in [0.15, 0.2) is 15.7 Å². The van der Waals surface area contributed by atoms with Crippen molar-refractivity contribution < 1.29 is 14.6 Å². The van der Waals surface area contributed by atoms with Crippen molar-refractivity contribution in [2.45, 2.75) is 31.8 Å². The van der Waals surface area contributed by atoms with Gasteiger partial charge in [0.15, 0.2) is 0 Å². The lowest BCUT2D eigenvalue weighted by molar-refractivity contribution is -0.139. The second kappa shape index (κ2) is 7.10. The van der Waals surface area contributed by atoms with Crippen molar-refractivity contribution in [2.75, 3.05) is 26.8 Å². The highest BCUT2D eigenvalue weighted by Gasteiger charge is 2.39. The Balaban J connectivity index is 2.01. The number of aromatic amines is 2. The van der Waals surface area contributed by atoms with Crippen LogP contribution in [-0.4, -0.2) is 58.5 Å². The Morgan fingerprint density at radius 3 is 2.87 bits per heavy atom. The summed E-state index contributed by atoms with van der Waals surface area (Å²) in [6.07, 6.45) is 0.873. The number of rotatable bonds is 5. The number of amides is 1. The predicted molar refractivity (Wildman–Crippen MR) is 83.2 cm³/mol. The number of nitrogens with one attached hydrogen (secondary N) is 2. The molecule has 0 aromatic carbocycles. The first kappa shape index (κ1) is 17.4. The highest BCUT2D eigenvalue weighted by atomic mass is 16.5. The average Bonchev–Trinajstić information content (AvgIpc) is 2.51. The van der Waals surface area contributed by atoms with E-state index in [-0.39, 0.29) is 23.8 Å². The summed E-state index contributed by atoms with van der Waals surface area (Å²) in [6.45, 7) is 3.21. The van der Waals surface area contributed by atoms with E-state index in [9.17, 15) is 19.5 Å². The molecular formula is C15H23N3O5. The van der Waals surface area contributed by atoms with Crippen LogP contribution in [0.2, 0.25) is 0 Å². The van der Waals surface area contributed by atoms with Crippen LogP contribution < -0.4 is 11.1 Å². The molecule has 0 spiro atoms. The second-order valence-electron chi connectivity index (χ2n) is 6.13. The average molecular weight is 325 g/mol. The van der Waals surface area contributed by atoms with Gasteiger partial charge in [-0.3, -0.25) is 24.6 Å². The van der Waals surface area contributed by atoms with Crippen LogP contribution in [0, 0.1) is 5.92 Å². The van der Waals surface area contributed by atoms with Crippen molar-refractivity contribution in [2.24, 2.45) is 5.92 Å². The van der Waals surface area contributed by atoms with E-state index in [4.69, 9.17) is 4.74 Å². The predicted octanol–water partition coefficient (Wildman–Crippen LogP) is -0.758. The molecule has 8 nitrogen and oxygen atoms in total. The molecule has 128 valence electrons. The normalized spacial score (nSPS) is 24.7. The van der Waals surface area contributed by atoms with Gasteiger partial charge in [0.05, 0.1) is 12.0 Å². The van der Waals surface area contributed by atoms with Gasteiger partial charge < -0.3 is 14.7 Å². The van der Waals surface area contributed by atoms with E-state index in [2.05, 4.69) is 10.2 Å². The van der Waals surface area contributed by atoms with E-state index in [0.717, 1.165) is 6.07 Å². The maximum Gasteiger partial charge on any atom is 0.266 e. The minimum absolute atomic E-state index is 0.0900. The SMILES string of the molecule is COCC[C@@]1(O)CCN(C(=O)Cc2cc(=O)[nH][nH]c2=O)C[C@@H]1C. The topological polar surface area (TPSA) is 115 Å². The largest absolute Gasteiger partial charge is 0.389 e. The molecule has 23 heavy (non-hydrogen) atoms. The number of carbonyl (C=O) groups excluding carboxylic acids is 1. The standard InChI is InChI=1S/C15H23N3O5/c1-10-9-18(5-3-15(10,22)4-6-23-2)13(20)8-11-7-12(19)16-17-14(11)21/h7,10,22H,3-6,8-9H2,1-2H3,(H,16,19)(H,17,21)/t10-,15-/m0/s1. The van der Waals surface area contributed by atoms with Crippen LogP contribution in [0.3, 0.4) is 0 Å². The second-order valence-corrected chi connectivity index (χ2v) is 6.13. The number of nitrogens with zero attached hydrogens (tertiary/aromatic N) is 1. The van der Waals surface area contributed by atoms with E-state index in [0.29, 0.717) is 32.5 Å². The van der Waals surface area contributed by atoms with Crippen LogP contribution in [0.5, 0.6) is 0 Å². The molecule has 1 fully saturated rings. The maximum atomic E-state index is 12.4. The minimum atomic E-state index is -0.839. The van der Waals surface area contributed by atoms with Crippen LogP contribution in [0.25, 0.3) is 0 Å². The molecule has 0 unspecified atom stereocenters. The number of likely N-dealkylation sites (tertiary alicyclic amines) is 1. The molecule has 2 rings (SSSR count). The van der Waals surface area contributed by atoms with Crippen molar-refractivity contribution in [3.8, 4) is 0 Å². The first-order valence-electron chi connectivity index (χ1n) is 7.65. The molecule has 0 aliphatic carbocycles. The van der Waals surface area contributed by atoms with Gasteiger partial charge in [-0.1, -0.05) is 6.92 Å². The summed E-state index contributed by atoms with van der Waals surface area (Å²) < 4.78 is 5.02. The van der Waals surface area contributed by atoms with Crippen molar-refractivity contribution in [3.63, 3.8) is 0 Å². The third-order valence-corrected chi connectivity index (χ3v) is 4.56. The first-order chi connectivity index (χ1) is 10.9. The molecule has 1 saturated heterocycles. The number of hydrogen-bond donors (Lipinski definition) is 3.